The molecule has 0 unspecified atom stereocenters. The Balaban J connectivity index is 1.44. The Hall–Kier alpha value is -2.66. The quantitative estimate of drug-likeness (QED) is 0.906. The molecule has 1 saturated heterocycles. The van der Waals surface area contributed by atoms with Crippen molar-refractivity contribution in [1.82, 2.24) is 10.2 Å². The molecule has 2 aliphatic rings. The Morgan fingerprint density at radius 2 is 1.75 bits per heavy atom. The first kappa shape index (κ1) is 14.9. The van der Waals surface area contributed by atoms with Gasteiger partial charge in [-0.15, -0.1) is 0 Å². The summed E-state index contributed by atoms with van der Waals surface area (Å²) in [5.41, 5.74) is 7.31. The summed E-state index contributed by atoms with van der Waals surface area (Å²) >= 11 is 0. The van der Waals surface area contributed by atoms with Gasteiger partial charge >= 0.3 is 0 Å². The third-order valence-electron chi connectivity index (χ3n) is 4.55. The minimum absolute atomic E-state index is 0.536. The first-order valence-corrected chi connectivity index (χ1v) is 8.34. The van der Waals surface area contributed by atoms with Gasteiger partial charge in [-0.05, 0) is 49.4 Å². The van der Waals surface area contributed by atoms with Gasteiger partial charge in [0.2, 0.25) is 0 Å². The lowest BCUT2D eigenvalue weighted by Crippen LogP contribution is -2.36. The SMILES string of the molecule is NC1=CN([C@@H]2CCNC2)CN1c1ccc(Oc2ccccc2)cc1. The van der Waals surface area contributed by atoms with Crippen molar-refractivity contribution in [3.05, 3.63) is 66.6 Å². The van der Waals surface area contributed by atoms with Gasteiger partial charge in [0.15, 0.2) is 0 Å². The van der Waals surface area contributed by atoms with Crippen LogP contribution in [-0.2, 0) is 0 Å². The fraction of sp³-hybridized carbons (Fsp3) is 0.263. The topological polar surface area (TPSA) is 53.8 Å². The van der Waals surface area contributed by atoms with Gasteiger partial charge in [-0.3, -0.25) is 0 Å². The molecule has 24 heavy (non-hydrogen) atoms. The van der Waals surface area contributed by atoms with Crippen molar-refractivity contribution in [3.8, 4) is 11.5 Å². The molecule has 3 N–H and O–H groups in total. The molecule has 2 heterocycles. The maximum Gasteiger partial charge on any atom is 0.127 e. The summed E-state index contributed by atoms with van der Waals surface area (Å²) in [7, 11) is 0. The number of nitrogens with one attached hydrogen (secondary N) is 1. The van der Waals surface area contributed by atoms with Crippen LogP contribution < -0.4 is 20.7 Å². The Kier molecular flexibility index (Phi) is 4.01. The fourth-order valence-corrected chi connectivity index (χ4v) is 3.22. The van der Waals surface area contributed by atoms with Crippen LogP contribution in [0.1, 0.15) is 6.42 Å². The van der Waals surface area contributed by atoms with Gasteiger partial charge in [-0.25, -0.2) is 0 Å². The smallest absolute Gasteiger partial charge is 0.127 e. The minimum atomic E-state index is 0.536. The molecular formula is C19H22N4O. The van der Waals surface area contributed by atoms with Gasteiger partial charge in [-0.2, -0.15) is 0 Å². The summed E-state index contributed by atoms with van der Waals surface area (Å²) in [4.78, 5) is 4.45. The molecular weight excluding hydrogens is 300 g/mol. The Morgan fingerprint density at radius 3 is 2.46 bits per heavy atom. The molecule has 0 aliphatic carbocycles. The number of nitrogens with two attached hydrogens (primary N) is 1. The molecule has 0 bridgehead atoms. The van der Waals surface area contributed by atoms with E-state index in [1.165, 1.54) is 6.42 Å². The van der Waals surface area contributed by atoms with Gasteiger partial charge in [0.25, 0.3) is 0 Å². The summed E-state index contributed by atoms with van der Waals surface area (Å²) in [5, 5.41) is 3.40. The number of ether oxygens (including phenoxy) is 1. The number of benzene rings is 2. The zero-order valence-corrected chi connectivity index (χ0v) is 13.6. The van der Waals surface area contributed by atoms with Crippen molar-refractivity contribution in [2.24, 2.45) is 5.73 Å². The highest BCUT2D eigenvalue weighted by molar-refractivity contribution is 5.55. The summed E-state index contributed by atoms with van der Waals surface area (Å²) in [6, 6.07) is 18.4. The fourth-order valence-electron chi connectivity index (χ4n) is 3.22. The molecule has 1 atom stereocenters. The van der Waals surface area contributed by atoms with E-state index in [2.05, 4.69) is 33.4 Å². The molecule has 0 radical (unpaired) electrons. The molecule has 0 aromatic heterocycles. The van der Waals surface area contributed by atoms with E-state index in [0.717, 1.165) is 42.8 Å². The van der Waals surface area contributed by atoms with Crippen LogP contribution in [0.5, 0.6) is 11.5 Å². The number of para-hydroxylation sites is 1. The predicted molar refractivity (Wildman–Crippen MR) is 95.7 cm³/mol. The first-order chi connectivity index (χ1) is 11.8. The van der Waals surface area contributed by atoms with Crippen LogP contribution in [0.4, 0.5) is 5.69 Å². The zero-order chi connectivity index (χ0) is 16.4. The van der Waals surface area contributed by atoms with Crippen LogP contribution in [0, 0.1) is 0 Å². The van der Waals surface area contributed by atoms with E-state index in [-0.39, 0.29) is 0 Å². The normalized spacial score (nSPS) is 20.3. The van der Waals surface area contributed by atoms with Crippen LogP contribution in [0.15, 0.2) is 66.6 Å². The van der Waals surface area contributed by atoms with Crippen molar-refractivity contribution in [2.45, 2.75) is 12.5 Å². The van der Waals surface area contributed by atoms with E-state index < -0.39 is 0 Å². The van der Waals surface area contributed by atoms with E-state index in [0.29, 0.717) is 6.04 Å². The molecule has 4 rings (SSSR count). The van der Waals surface area contributed by atoms with Crippen LogP contribution in [-0.4, -0.2) is 30.7 Å². The summed E-state index contributed by atoms with van der Waals surface area (Å²) in [6.07, 6.45) is 3.23. The van der Waals surface area contributed by atoms with Crippen LogP contribution >= 0.6 is 0 Å². The van der Waals surface area contributed by atoms with Gasteiger partial charge in [-0.1, -0.05) is 18.2 Å². The average Bonchev–Trinajstić information content (AvgIpc) is 3.26. The van der Waals surface area contributed by atoms with E-state index in [4.69, 9.17) is 10.5 Å². The third kappa shape index (κ3) is 3.03. The predicted octanol–water partition coefficient (Wildman–Crippen LogP) is 2.68. The summed E-state index contributed by atoms with van der Waals surface area (Å²) < 4.78 is 5.84. The monoisotopic (exact) mass is 322 g/mol. The lowest BCUT2D eigenvalue weighted by atomic mass is 10.2. The Labute approximate surface area is 142 Å². The second-order valence-corrected chi connectivity index (χ2v) is 6.19. The summed E-state index contributed by atoms with van der Waals surface area (Å²) in [5.74, 6) is 2.45. The molecule has 1 fully saturated rings. The minimum Gasteiger partial charge on any atom is -0.457 e. The Bertz CT molecular complexity index is 708. The molecule has 2 aliphatic heterocycles. The highest BCUT2D eigenvalue weighted by Gasteiger charge is 2.27. The highest BCUT2D eigenvalue weighted by Crippen LogP contribution is 2.28. The van der Waals surface area contributed by atoms with E-state index in [1.54, 1.807) is 0 Å². The lowest BCUT2D eigenvalue weighted by Gasteiger charge is -2.26. The average molecular weight is 322 g/mol. The molecule has 2 aromatic carbocycles. The maximum absolute atomic E-state index is 6.22. The number of rotatable bonds is 4. The third-order valence-corrected chi connectivity index (χ3v) is 4.55. The second kappa shape index (κ2) is 6.45. The van der Waals surface area contributed by atoms with Crippen LogP contribution in [0.25, 0.3) is 0 Å². The lowest BCUT2D eigenvalue weighted by molar-refractivity contribution is 0.315. The van der Waals surface area contributed by atoms with E-state index in [9.17, 15) is 0 Å². The molecule has 2 aromatic rings. The molecule has 0 saturated carbocycles. The zero-order valence-electron chi connectivity index (χ0n) is 13.6. The standard InChI is InChI=1S/C19H22N4O/c20-19-13-22(16-10-11-21-12-16)14-23(19)15-6-8-18(9-7-15)24-17-4-2-1-3-5-17/h1-9,13,16,21H,10-12,14,20H2/t16-/m1/s1. The number of anilines is 1. The van der Waals surface area contributed by atoms with Crippen molar-refractivity contribution >= 4 is 5.69 Å². The highest BCUT2D eigenvalue weighted by atomic mass is 16.5. The second-order valence-electron chi connectivity index (χ2n) is 6.19. The summed E-state index contributed by atoms with van der Waals surface area (Å²) in [6.45, 7) is 2.92. The number of nitrogens with zero attached hydrogens (tertiary/aromatic N) is 2. The van der Waals surface area contributed by atoms with Gasteiger partial charge in [0.1, 0.15) is 17.3 Å². The first-order valence-electron chi connectivity index (χ1n) is 8.34. The van der Waals surface area contributed by atoms with Crippen LogP contribution in [0.2, 0.25) is 0 Å². The van der Waals surface area contributed by atoms with Gasteiger partial charge in [0, 0.05) is 24.5 Å². The molecule has 0 amide bonds. The number of hydrogen-bond donors (Lipinski definition) is 2. The van der Waals surface area contributed by atoms with E-state index in [1.807, 2.05) is 42.5 Å². The molecule has 5 nitrogen and oxygen atoms in total. The van der Waals surface area contributed by atoms with Crippen molar-refractivity contribution < 1.29 is 4.74 Å². The molecule has 0 spiro atoms. The number of hydrogen-bond acceptors (Lipinski definition) is 5. The largest absolute Gasteiger partial charge is 0.457 e. The molecule has 5 heteroatoms. The molecule has 124 valence electrons. The van der Waals surface area contributed by atoms with Crippen LogP contribution in [0.3, 0.4) is 0 Å². The van der Waals surface area contributed by atoms with Crippen molar-refractivity contribution in [1.29, 1.82) is 0 Å². The van der Waals surface area contributed by atoms with Gasteiger partial charge < -0.3 is 25.6 Å². The maximum atomic E-state index is 6.22. The van der Waals surface area contributed by atoms with Gasteiger partial charge in [0.05, 0.1) is 6.67 Å². The Morgan fingerprint density at radius 1 is 1.00 bits per heavy atom. The van der Waals surface area contributed by atoms with Crippen molar-refractivity contribution in [3.63, 3.8) is 0 Å². The van der Waals surface area contributed by atoms with Crippen molar-refractivity contribution in [2.75, 3.05) is 24.7 Å². The van der Waals surface area contributed by atoms with E-state index >= 15 is 0 Å².